The van der Waals surface area contributed by atoms with Crippen molar-refractivity contribution in [3.05, 3.63) is 36.0 Å². The Hall–Kier alpha value is -2.40. The van der Waals surface area contributed by atoms with Crippen molar-refractivity contribution >= 4 is 28.1 Å². The molecule has 1 saturated carbocycles. The Morgan fingerprint density at radius 1 is 1.28 bits per heavy atom. The molecule has 2 aliphatic rings. The fourth-order valence-corrected chi connectivity index (χ4v) is 4.43. The molecule has 2 aromatic rings. The van der Waals surface area contributed by atoms with Crippen molar-refractivity contribution in [1.82, 2.24) is 14.9 Å². The summed E-state index contributed by atoms with van der Waals surface area (Å²) in [6.07, 6.45) is 3.54. The number of ether oxygens (including phenoxy) is 1. The minimum Gasteiger partial charge on any atom is -0.377 e. The molecule has 4 rings (SSSR count). The lowest BCUT2D eigenvalue weighted by molar-refractivity contribution is 0.0985. The Kier molecular flexibility index (Phi) is 6.57. The normalized spacial score (nSPS) is 19.5. The molecule has 1 aromatic heterocycles. The van der Waals surface area contributed by atoms with Crippen LogP contribution in [0.2, 0.25) is 0 Å². The number of amides is 2. The number of nitrogens with one attached hydrogen (secondary N) is 1. The summed E-state index contributed by atoms with van der Waals surface area (Å²) in [5.74, 6) is 1.32. The lowest BCUT2D eigenvalue weighted by atomic mass is 10.2. The van der Waals surface area contributed by atoms with E-state index in [0.717, 1.165) is 24.2 Å². The summed E-state index contributed by atoms with van der Waals surface area (Å²) in [6, 6.07) is 9.59. The number of nitrogens with zero attached hydrogens (tertiary/aromatic N) is 4. The van der Waals surface area contributed by atoms with Crippen LogP contribution in [0.1, 0.15) is 25.5 Å². The van der Waals surface area contributed by atoms with Crippen LogP contribution in [0.4, 0.5) is 16.3 Å². The third kappa shape index (κ3) is 5.69. The molecule has 10 heteroatoms. The van der Waals surface area contributed by atoms with E-state index < -0.39 is 10.6 Å². The average Bonchev–Trinajstić information content (AvgIpc) is 3.58. The molecular weight excluding hydrogens is 430 g/mol. The van der Waals surface area contributed by atoms with Gasteiger partial charge in [-0.1, -0.05) is 0 Å². The molecule has 2 fully saturated rings. The second-order valence-corrected chi connectivity index (χ2v) is 10.9. The van der Waals surface area contributed by atoms with Crippen LogP contribution in [-0.2, 0) is 10.5 Å². The van der Waals surface area contributed by atoms with Gasteiger partial charge in [-0.05, 0) is 44.0 Å². The van der Waals surface area contributed by atoms with Gasteiger partial charge in [-0.25, -0.2) is 14.8 Å². The molecular formula is C22H31N5O4S. The maximum Gasteiger partial charge on any atom is 0.321 e. The monoisotopic (exact) mass is 461 g/mol. The van der Waals surface area contributed by atoms with Gasteiger partial charge in [-0.2, -0.15) is 10.6 Å². The summed E-state index contributed by atoms with van der Waals surface area (Å²) in [5, 5.41) is 2.91. The van der Waals surface area contributed by atoms with Crippen LogP contribution < -0.4 is 10.2 Å². The van der Waals surface area contributed by atoms with Gasteiger partial charge in [0.1, 0.15) is 5.82 Å². The van der Waals surface area contributed by atoms with E-state index in [4.69, 9.17) is 9.72 Å². The molecule has 0 unspecified atom stereocenters. The highest BCUT2D eigenvalue weighted by Crippen LogP contribution is 2.38. The van der Waals surface area contributed by atoms with Gasteiger partial charge >= 0.3 is 6.03 Å². The molecule has 3 N–H and O–H groups in total. The number of rotatable bonds is 6. The highest BCUT2D eigenvalue weighted by atomic mass is 32.3. The smallest absolute Gasteiger partial charge is 0.321 e. The quantitative estimate of drug-likeness (QED) is 0.599. The van der Waals surface area contributed by atoms with Crippen LogP contribution in [0.25, 0.3) is 11.4 Å². The molecule has 1 saturated heterocycles. The molecule has 1 aliphatic heterocycles. The number of hydrogen-bond acceptors (Lipinski definition) is 7. The van der Waals surface area contributed by atoms with Crippen molar-refractivity contribution < 1.29 is 18.6 Å². The maximum atomic E-state index is 12.3. The minimum absolute atomic E-state index is 0.0654. The predicted octanol–water partition coefficient (Wildman–Crippen LogP) is 3.88. The van der Waals surface area contributed by atoms with E-state index in [1.54, 1.807) is 4.90 Å². The number of carbonyl (C=O) groups is 1. The molecule has 9 nitrogen and oxygen atoms in total. The van der Waals surface area contributed by atoms with Crippen LogP contribution in [-0.4, -0.2) is 75.2 Å². The largest absolute Gasteiger partial charge is 0.377 e. The first-order valence-corrected chi connectivity index (χ1v) is 12.9. The summed E-state index contributed by atoms with van der Waals surface area (Å²) in [6.45, 7) is 4.01. The molecule has 0 radical (unpaired) electrons. The Balaban J connectivity index is 1.58. The van der Waals surface area contributed by atoms with Gasteiger partial charge < -0.3 is 19.9 Å². The molecule has 0 bridgehead atoms. The van der Waals surface area contributed by atoms with Gasteiger partial charge in [-0.3, -0.25) is 9.11 Å². The van der Waals surface area contributed by atoms with E-state index in [1.165, 1.54) is 6.26 Å². The van der Waals surface area contributed by atoms with Crippen LogP contribution in [0, 0.1) is 0 Å². The first-order chi connectivity index (χ1) is 15.2. The van der Waals surface area contributed by atoms with Crippen molar-refractivity contribution in [2.75, 3.05) is 43.3 Å². The highest BCUT2D eigenvalue weighted by Gasteiger charge is 2.29. The lowest BCUT2D eigenvalue weighted by Gasteiger charge is -2.35. The Morgan fingerprint density at radius 3 is 2.62 bits per heavy atom. The van der Waals surface area contributed by atoms with Crippen LogP contribution in [0.3, 0.4) is 0 Å². The second kappa shape index (κ2) is 9.22. The van der Waals surface area contributed by atoms with Gasteiger partial charge in [0.05, 0.1) is 30.7 Å². The fraction of sp³-hybridized carbons (Fsp3) is 0.500. The zero-order chi connectivity index (χ0) is 22.9. The first-order valence-electron chi connectivity index (χ1n) is 10.8. The zero-order valence-corrected chi connectivity index (χ0v) is 19.5. The molecule has 1 aliphatic carbocycles. The summed E-state index contributed by atoms with van der Waals surface area (Å²) >= 11 is 0. The zero-order valence-electron chi connectivity index (χ0n) is 18.7. The molecule has 1 atom stereocenters. The van der Waals surface area contributed by atoms with E-state index in [9.17, 15) is 13.9 Å². The van der Waals surface area contributed by atoms with Crippen molar-refractivity contribution in [2.24, 2.45) is 0 Å². The summed E-state index contributed by atoms with van der Waals surface area (Å²) in [4.78, 5) is 25.6. The number of carbonyl (C=O) groups excluding carboxylic acids is 1. The van der Waals surface area contributed by atoms with Gasteiger partial charge in [0, 0.05) is 43.2 Å². The van der Waals surface area contributed by atoms with Gasteiger partial charge in [0.15, 0.2) is 5.82 Å². The topological polar surface area (TPSA) is 111 Å². The summed E-state index contributed by atoms with van der Waals surface area (Å²) in [7, 11) is -0.941. The predicted molar refractivity (Wildman–Crippen MR) is 127 cm³/mol. The first kappa shape index (κ1) is 22.8. The summed E-state index contributed by atoms with van der Waals surface area (Å²) in [5.41, 5.74) is 2.07. The van der Waals surface area contributed by atoms with Crippen LogP contribution in [0.5, 0.6) is 0 Å². The van der Waals surface area contributed by atoms with Crippen LogP contribution in [0.15, 0.2) is 30.3 Å². The van der Waals surface area contributed by atoms with E-state index in [2.05, 4.69) is 22.1 Å². The van der Waals surface area contributed by atoms with Crippen molar-refractivity contribution in [1.29, 1.82) is 0 Å². The van der Waals surface area contributed by atoms with E-state index in [0.29, 0.717) is 43.0 Å². The number of aromatic nitrogens is 2. The molecule has 32 heavy (non-hydrogen) atoms. The third-order valence-electron chi connectivity index (χ3n) is 5.66. The van der Waals surface area contributed by atoms with E-state index in [1.807, 2.05) is 37.4 Å². The molecule has 1 aromatic carbocycles. The Morgan fingerprint density at radius 2 is 2.00 bits per heavy atom. The number of benzene rings is 1. The SMILES string of the molecule is C[C@H]1COCCN1c1cc(CS(C)(O)O)nc(-c2ccc(NC(=O)N(C)C3CC3)cc2)n1. The minimum atomic E-state index is -2.75. The number of anilines is 2. The molecule has 0 spiro atoms. The molecule has 174 valence electrons. The fourth-order valence-electron chi connectivity index (χ4n) is 3.72. The van der Waals surface area contributed by atoms with Gasteiger partial charge in [-0.15, -0.1) is 0 Å². The average molecular weight is 462 g/mol. The number of morpholine rings is 1. The second-order valence-electron chi connectivity index (χ2n) is 8.65. The van der Waals surface area contributed by atoms with Crippen molar-refractivity contribution in [3.8, 4) is 11.4 Å². The molecule has 2 heterocycles. The van der Waals surface area contributed by atoms with Crippen molar-refractivity contribution in [2.45, 2.75) is 37.6 Å². The van der Waals surface area contributed by atoms with Gasteiger partial charge in [0.2, 0.25) is 0 Å². The number of urea groups is 1. The van der Waals surface area contributed by atoms with Crippen molar-refractivity contribution in [3.63, 3.8) is 0 Å². The Labute approximate surface area is 190 Å². The molecule has 2 amide bonds. The Bertz CT molecular complexity index is 962. The van der Waals surface area contributed by atoms with Crippen LogP contribution >= 0.6 is 10.6 Å². The summed E-state index contributed by atoms with van der Waals surface area (Å²) < 4.78 is 25.5. The lowest BCUT2D eigenvalue weighted by Crippen LogP contribution is -2.44. The maximum absolute atomic E-state index is 12.3. The third-order valence-corrected chi connectivity index (χ3v) is 6.50. The van der Waals surface area contributed by atoms with Gasteiger partial charge in [0.25, 0.3) is 0 Å². The van der Waals surface area contributed by atoms with E-state index in [-0.39, 0.29) is 17.8 Å². The van der Waals surface area contributed by atoms with E-state index >= 15 is 0 Å². The highest BCUT2D eigenvalue weighted by molar-refractivity contribution is 8.23. The standard InChI is InChI=1S/C22H31N5O4S/c1-15-13-31-11-10-27(15)20-12-18(14-32(3,29)30)23-21(25-20)16-4-6-17(7-5-16)24-22(28)26(2)19-8-9-19/h4-7,12,15,19,29-30H,8-11,13-14H2,1-3H3,(H,24,28)/t15-/m0/s1. The number of hydrogen-bond donors (Lipinski definition) is 3.